The molecule has 0 bridgehead atoms. The molecule has 1 unspecified atom stereocenters. The maximum absolute atomic E-state index is 2.36. The summed E-state index contributed by atoms with van der Waals surface area (Å²) in [7, 11) is 0. The molecule has 0 spiro atoms. The summed E-state index contributed by atoms with van der Waals surface area (Å²) in [5.74, 6) is 1.94. The molecule has 1 atom stereocenters. The summed E-state index contributed by atoms with van der Waals surface area (Å²) < 4.78 is 0. The van der Waals surface area contributed by atoms with Gasteiger partial charge >= 0.3 is 0 Å². The van der Waals surface area contributed by atoms with Gasteiger partial charge in [-0.25, -0.2) is 0 Å². The first-order valence-corrected chi connectivity index (χ1v) is 9.57. The van der Waals surface area contributed by atoms with Crippen molar-refractivity contribution in [3.8, 4) is 0 Å². The van der Waals surface area contributed by atoms with Gasteiger partial charge in [-0.1, -0.05) is 75.8 Å². The summed E-state index contributed by atoms with van der Waals surface area (Å²) in [6.45, 7) is 9.25. The fraction of sp³-hybridized carbons (Fsp3) is 0.524. The lowest BCUT2D eigenvalue weighted by atomic mass is 9.82. The molecule has 0 nitrogen and oxygen atoms in total. The fourth-order valence-electron chi connectivity index (χ4n) is 3.03. The van der Waals surface area contributed by atoms with Crippen LogP contribution in [-0.4, -0.2) is 5.75 Å². The Kier molecular flexibility index (Phi) is 6.37. The van der Waals surface area contributed by atoms with Gasteiger partial charge in [-0.15, -0.1) is 11.8 Å². The lowest BCUT2D eigenvalue weighted by Gasteiger charge is -2.26. The van der Waals surface area contributed by atoms with Crippen LogP contribution in [-0.2, 0) is 0 Å². The van der Waals surface area contributed by atoms with Crippen LogP contribution >= 0.6 is 11.8 Å². The van der Waals surface area contributed by atoms with Crippen LogP contribution in [0.15, 0.2) is 53.0 Å². The fourth-order valence-corrected chi connectivity index (χ4v) is 4.10. The third kappa shape index (κ3) is 5.05. The average Bonchev–Trinajstić information content (AvgIpc) is 2.52. The van der Waals surface area contributed by atoms with Crippen molar-refractivity contribution in [3.63, 3.8) is 0 Å². The number of allylic oxidation sites excluding steroid dienone is 4. The standard InChI is InChI=1S/C21H30S/c1-5-17(18-9-7-6-8-10-18)15-16-22-20-13-11-19(12-14-20)21(2,3)4/h6-11,13,17H,5,12,14-16H2,1-4H3. The number of hydrogen-bond acceptors (Lipinski definition) is 1. The van der Waals surface area contributed by atoms with Gasteiger partial charge in [-0.2, -0.15) is 0 Å². The van der Waals surface area contributed by atoms with E-state index >= 15 is 0 Å². The first kappa shape index (κ1) is 17.4. The van der Waals surface area contributed by atoms with E-state index in [2.05, 4.69) is 81.9 Å². The minimum absolute atomic E-state index is 0.327. The second-order valence-electron chi connectivity index (χ2n) is 7.23. The molecule has 0 amide bonds. The second kappa shape index (κ2) is 8.06. The van der Waals surface area contributed by atoms with E-state index in [1.807, 2.05) is 0 Å². The highest BCUT2D eigenvalue weighted by Gasteiger charge is 2.19. The van der Waals surface area contributed by atoms with Crippen molar-refractivity contribution in [1.29, 1.82) is 0 Å². The summed E-state index contributed by atoms with van der Waals surface area (Å²) in [6, 6.07) is 11.0. The number of hydrogen-bond donors (Lipinski definition) is 0. The Balaban J connectivity index is 1.84. The van der Waals surface area contributed by atoms with E-state index in [-0.39, 0.29) is 0 Å². The van der Waals surface area contributed by atoms with Crippen LogP contribution in [0, 0.1) is 5.41 Å². The van der Waals surface area contributed by atoms with Crippen molar-refractivity contribution in [2.24, 2.45) is 5.41 Å². The number of rotatable bonds is 6. The summed E-state index contributed by atoms with van der Waals surface area (Å²) >= 11 is 2.06. The van der Waals surface area contributed by atoms with Gasteiger partial charge in [-0.05, 0) is 53.2 Å². The van der Waals surface area contributed by atoms with Crippen LogP contribution in [0.1, 0.15) is 64.9 Å². The van der Waals surface area contributed by atoms with Gasteiger partial charge in [0.25, 0.3) is 0 Å². The largest absolute Gasteiger partial charge is 0.131 e. The Hall–Kier alpha value is -0.950. The van der Waals surface area contributed by atoms with Crippen molar-refractivity contribution < 1.29 is 0 Å². The van der Waals surface area contributed by atoms with Gasteiger partial charge in [0.2, 0.25) is 0 Å². The normalized spacial score (nSPS) is 16.9. The Morgan fingerprint density at radius 3 is 2.32 bits per heavy atom. The second-order valence-corrected chi connectivity index (χ2v) is 8.45. The summed E-state index contributed by atoms with van der Waals surface area (Å²) in [4.78, 5) is 1.57. The topological polar surface area (TPSA) is 0 Å². The van der Waals surface area contributed by atoms with Gasteiger partial charge in [-0.3, -0.25) is 0 Å². The molecule has 2 rings (SSSR count). The summed E-state index contributed by atoms with van der Waals surface area (Å²) in [5.41, 5.74) is 3.42. The lowest BCUT2D eigenvalue weighted by molar-refractivity contribution is 0.481. The molecule has 0 fully saturated rings. The van der Waals surface area contributed by atoms with Crippen LogP contribution in [0.4, 0.5) is 0 Å². The van der Waals surface area contributed by atoms with Crippen molar-refractivity contribution in [3.05, 3.63) is 58.5 Å². The molecular weight excluding hydrogens is 284 g/mol. The smallest absolute Gasteiger partial charge is 0.00174 e. The summed E-state index contributed by atoms with van der Waals surface area (Å²) in [5, 5.41) is 0. The van der Waals surface area contributed by atoms with E-state index in [1.165, 1.54) is 37.0 Å². The highest BCUT2D eigenvalue weighted by Crippen LogP contribution is 2.36. The molecule has 0 saturated carbocycles. The lowest BCUT2D eigenvalue weighted by Crippen LogP contribution is -2.11. The van der Waals surface area contributed by atoms with Crippen molar-refractivity contribution >= 4 is 11.8 Å². The maximum atomic E-state index is 2.36. The molecule has 0 heterocycles. The van der Waals surface area contributed by atoms with E-state index in [9.17, 15) is 0 Å². The molecule has 1 aromatic rings. The monoisotopic (exact) mass is 314 g/mol. The average molecular weight is 315 g/mol. The van der Waals surface area contributed by atoms with Crippen molar-refractivity contribution in [2.75, 3.05) is 5.75 Å². The first-order valence-electron chi connectivity index (χ1n) is 8.58. The molecule has 0 saturated heterocycles. The molecule has 120 valence electrons. The zero-order valence-corrected chi connectivity index (χ0v) is 15.4. The summed E-state index contributed by atoms with van der Waals surface area (Å²) in [6.07, 6.45) is 9.70. The minimum Gasteiger partial charge on any atom is -0.131 e. The van der Waals surface area contributed by atoms with Gasteiger partial charge in [0.05, 0.1) is 0 Å². The third-order valence-electron chi connectivity index (χ3n) is 4.59. The van der Waals surface area contributed by atoms with E-state index < -0.39 is 0 Å². The van der Waals surface area contributed by atoms with Crippen LogP contribution < -0.4 is 0 Å². The van der Waals surface area contributed by atoms with Crippen LogP contribution in [0.5, 0.6) is 0 Å². The van der Waals surface area contributed by atoms with E-state index in [0.717, 1.165) is 0 Å². The van der Waals surface area contributed by atoms with E-state index in [4.69, 9.17) is 0 Å². The molecule has 0 N–H and O–H groups in total. The number of thioether (sulfide) groups is 1. The van der Waals surface area contributed by atoms with Crippen LogP contribution in [0.3, 0.4) is 0 Å². The first-order chi connectivity index (χ1) is 10.5. The quantitative estimate of drug-likeness (QED) is 0.547. The Morgan fingerprint density at radius 2 is 1.77 bits per heavy atom. The SMILES string of the molecule is CCC(CCSC1=CC=C(C(C)(C)C)CC1)c1ccccc1. The molecule has 1 aliphatic carbocycles. The predicted octanol–water partition coefficient (Wildman–Crippen LogP) is 6.95. The van der Waals surface area contributed by atoms with Crippen molar-refractivity contribution in [1.82, 2.24) is 0 Å². The molecule has 0 radical (unpaired) electrons. The molecule has 1 aromatic carbocycles. The molecule has 1 aliphatic rings. The maximum Gasteiger partial charge on any atom is -0.00174 e. The minimum atomic E-state index is 0.327. The number of benzene rings is 1. The highest BCUT2D eigenvalue weighted by atomic mass is 32.2. The Labute approximate surface area is 141 Å². The van der Waals surface area contributed by atoms with Gasteiger partial charge in [0.1, 0.15) is 0 Å². The van der Waals surface area contributed by atoms with Crippen LogP contribution in [0.2, 0.25) is 0 Å². The Morgan fingerprint density at radius 1 is 1.05 bits per heavy atom. The zero-order chi connectivity index (χ0) is 16.0. The zero-order valence-electron chi connectivity index (χ0n) is 14.6. The molecule has 22 heavy (non-hydrogen) atoms. The van der Waals surface area contributed by atoms with Crippen molar-refractivity contribution in [2.45, 2.75) is 59.3 Å². The highest BCUT2D eigenvalue weighted by molar-refractivity contribution is 8.03. The predicted molar refractivity (Wildman–Crippen MR) is 101 cm³/mol. The van der Waals surface area contributed by atoms with Crippen LogP contribution in [0.25, 0.3) is 0 Å². The van der Waals surface area contributed by atoms with Gasteiger partial charge in [0, 0.05) is 0 Å². The van der Waals surface area contributed by atoms with Gasteiger partial charge in [0.15, 0.2) is 0 Å². The Bertz CT molecular complexity index is 517. The molecule has 0 aromatic heterocycles. The molecular formula is C21H30S. The molecule has 1 heteroatoms. The van der Waals surface area contributed by atoms with Gasteiger partial charge < -0.3 is 0 Å². The van der Waals surface area contributed by atoms with E-state index in [1.54, 1.807) is 10.5 Å². The molecule has 0 aliphatic heterocycles. The third-order valence-corrected chi connectivity index (χ3v) is 5.74. The van der Waals surface area contributed by atoms with E-state index in [0.29, 0.717) is 11.3 Å².